The summed E-state index contributed by atoms with van der Waals surface area (Å²) in [4.78, 5) is 10.8. The Balaban J connectivity index is 2.24. The second-order valence-electron chi connectivity index (χ2n) is 4.51. The standard InChI is InChI=1S/C10H20N2O3/c1-10(2,5-9(11)13)12-6-8-3-4-14-7-15-8/h8,12H,3-7H2,1-2H3,(H2,11,13). The zero-order valence-corrected chi connectivity index (χ0v) is 9.41. The lowest BCUT2D eigenvalue weighted by atomic mass is 10.00. The highest BCUT2D eigenvalue weighted by molar-refractivity contribution is 5.74. The number of nitrogens with one attached hydrogen (secondary N) is 1. The molecular formula is C10H20N2O3. The largest absolute Gasteiger partial charge is 0.370 e. The zero-order valence-electron chi connectivity index (χ0n) is 9.41. The summed E-state index contributed by atoms with van der Waals surface area (Å²) in [7, 11) is 0. The summed E-state index contributed by atoms with van der Waals surface area (Å²) in [6, 6.07) is 0. The van der Waals surface area contributed by atoms with E-state index < -0.39 is 0 Å². The van der Waals surface area contributed by atoms with Crippen molar-refractivity contribution in [2.75, 3.05) is 19.9 Å². The Labute approximate surface area is 90.3 Å². The molecule has 1 atom stereocenters. The van der Waals surface area contributed by atoms with Gasteiger partial charge in [-0.1, -0.05) is 0 Å². The molecule has 3 N–H and O–H groups in total. The molecule has 0 saturated carbocycles. The van der Waals surface area contributed by atoms with Crippen LogP contribution in [0.1, 0.15) is 26.7 Å². The van der Waals surface area contributed by atoms with E-state index in [1.165, 1.54) is 0 Å². The highest BCUT2D eigenvalue weighted by Crippen LogP contribution is 2.10. The Kier molecular flexibility index (Phi) is 4.50. The van der Waals surface area contributed by atoms with Gasteiger partial charge in [0.15, 0.2) is 0 Å². The van der Waals surface area contributed by atoms with Crippen molar-refractivity contribution >= 4 is 5.91 Å². The minimum atomic E-state index is -0.291. The van der Waals surface area contributed by atoms with E-state index in [1.807, 2.05) is 13.8 Å². The molecule has 1 unspecified atom stereocenters. The van der Waals surface area contributed by atoms with Gasteiger partial charge in [-0.05, 0) is 20.3 Å². The van der Waals surface area contributed by atoms with E-state index >= 15 is 0 Å². The topological polar surface area (TPSA) is 73.6 Å². The lowest BCUT2D eigenvalue weighted by molar-refractivity contribution is -0.138. The van der Waals surface area contributed by atoms with Crippen molar-refractivity contribution in [3.63, 3.8) is 0 Å². The Bertz CT molecular complexity index is 213. The monoisotopic (exact) mass is 216 g/mol. The number of hydrogen-bond donors (Lipinski definition) is 2. The van der Waals surface area contributed by atoms with Crippen LogP contribution in [0.5, 0.6) is 0 Å². The summed E-state index contributed by atoms with van der Waals surface area (Å²) in [6.07, 6.45) is 1.39. The number of rotatable bonds is 5. The van der Waals surface area contributed by atoms with E-state index in [1.54, 1.807) is 0 Å². The molecule has 1 heterocycles. The van der Waals surface area contributed by atoms with Gasteiger partial charge in [-0.3, -0.25) is 4.79 Å². The highest BCUT2D eigenvalue weighted by Gasteiger charge is 2.22. The van der Waals surface area contributed by atoms with E-state index in [0.29, 0.717) is 13.2 Å². The molecule has 0 spiro atoms. The van der Waals surface area contributed by atoms with Crippen LogP contribution in [0.2, 0.25) is 0 Å². The molecule has 15 heavy (non-hydrogen) atoms. The van der Waals surface area contributed by atoms with Gasteiger partial charge in [-0.15, -0.1) is 0 Å². The summed E-state index contributed by atoms with van der Waals surface area (Å²) in [5, 5.41) is 3.28. The third kappa shape index (κ3) is 5.11. The van der Waals surface area contributed by atoms with Crippen molar-refractivity contribution in [2.45, 2.75) is 38.3 Å². The van der Waals surface area contributed by atoms with E-state index in [9.17, 15) is 4.79 Å². The normalized spacial score (nSPS) is 22.7. The van der Waals surface area contributed by atoms with Gasteiger partial charge in [0, 0.05) is 18.5 Å². The Morgan fingerprint density at radius 2 is 2.33 bits per heavy atom. The van der Waals surface area contributed by atoms with Crippen LogP contribution in [0.25, 0.3) is 0 Å². The molecule has 0 aromatic rings. The maximum Gasteiger partial charge on any atom is 0.219 e. The van der Waals surface area contributed by atoms with Crippen LogP contribution in [-0.4, -0.2) is 37.5 Å². The van der Waals surface area contributed by atoms with Crippen LogP contribution >= 0.6 is 0 Å². The quantitative estimate of drug-likeness (QED) is 0.678. The average Bonchev–Trinajstić information content (AvgIpc) is 2.15. The number of carbonyl (C=O) groups is 1. The molecular weight excluding hydrogens is 196 g/mol. The maximum absolute atomic E-state index is 10.8. The Hall–Kier alpha value is -0.650. The first-order valence-electron chi connectivity index (χ1n) is 5.22. The molecule has 5 nitrogen and oxygen atoms in total. The molecule has 0 aliphatic carbocycles. The molecule has 1 amide bonds. The molecule has 0 aromatic heterocycles. The molecule has 1 aliphatic heterocycles. The minimum absolute atomic E-state index is 0.172. The second kappa shape index (κ2) is 5.44. The van der Waals surface area contributed by atoms with Crippen molar-refractivity contribution in [1.29, 1.82) is 0 Å². The van der Waals surface area contributed by atoms with Crippen LogP contribution in [-0.2, 0) is 14.3 Å². The van der Waals surface area contributed by atoms with Crippen LogP contribution in [0.15, 0.2) is 0 Å². The summed E-state index contributed by atoms with van der Waals surface area (Å²) in [5.74, 6) is -0.291. The summed E-state index contributed by atoms with van der Waals surface area (Å²) in [6.45, 7) is 5.74. The third-order valence-corrected chi connectivity index (χ3v) is 2.40. The molecule has 5 heteroatoms. The second-order valence-corrected chi connectivity index (χ2v) is 4.51. The molecule has 1 fully saturated rings. The fraction of sp³-hybridized carbons (Fsp3) is 0.900. The predicted molar refractivity (Wildman–Crippen MR) is 56.2 cm³/mol. The molecule has 1 rings (SSSR count). The van der Waals surface area contributed by atoms with Gasteiger partial charge in [0.1, 0.15) is 6.79 Å². The minimum Gasteiger partial charge on any atom is -0.370 e. The number of hydrogen-bond acceptors (Lipinski definition) is 4. The number of carbonyl (C=O) groups excluding carboxylic acids is 1. The fourth-order valence-corrected chi connectivity index (χ4v) is 1.55. The van der Waals surface area contributed by atoms with Crippen molar-refractivity contribution in [2.24, 2.45) is 5.73 Å². The first-order chi connectivity index (χ1) is 6.99. The summed E-state index contributed by atoms with van der Waals surface area (Å²) < 4.78 is 10.4. The first kappa shape index (κ1) is 12.4. The summed E-state index contributed by atoms with van der Waals surface area (Å²) in [5.41, 5.74) is 4.89. The van der Waals surface area contributed by atoms with Crippen LogP contribution in [0.3, 0.4) is 0 Å². The highest BCUT2D eigenvalue weighted by atomic mass is 16.7. The van der Waals surface area contributed by atoms with Gasteiger partial charge >= 0.3 is 0 Å². The van der Waals surface area contributed by atoms with Crippen molar-refractivity contribution < 1.29 is 14.3 Å². The van der Waals surface area contributed by atoms with Crippen molar-refractivity contribution in [3.05, 3.63) is 0 Å². The van der Waals surface area contributed by atoms with Gasteiger partial charge in [0.25, 0.3) is 0 Å². The Morgan fingerprint density at radius 1 is 1.60 bits per heavy atom. The van der Waals surface area contributed by atoms with Gasteiger partial charge in [0.2, 0.25) is 5.91 Å². The fourth-order valence-electron chi connectivity index (χ4n) is 1.55. The van der Waals surface area contributed by atoms with E-state index in [0.717, 1.165) is 19.6 Å². The molecule has 0 aromatic carbocycles. The molecule has 0 radical (unpaired) electrons. The predicted octanol–water partition coefficient (Wildman–Crippen LogP) is -0.00700. The lowest BCUT2D eigenvalue weighted by Gasteiger charge is -2.29. The first-order valence-corrected chi connectivity index (χ1v) is 5.22. The molecule has 88 valence electrons. The lowest BCUT2D eigenvalue weighted by Crippen LogP contribution is -2.47. The Morgan fingerprint density at radius 3 is 2.87 bits per heavy atom. The SMILES string of the molecule is CC(C)(CC(N)=O)NCC1CCOCO1. The van der Waals surface area contributed by atoms with Gasteiger partial charge in [-0.2, -0.15) is 0 Å². The molecule has 1 saturated heterocycles. The van der Waals surface area contributed by atoms with Gasteiger partial charge < -0.3 is 20.5 Å². The zero-order chi connectivity index (χ0) is 11.3. The molecule has 0 bridgehead atoms. The van der Waals surface area contributed by atoms with Crippen LogP contribution < -0.4 is 11.1 Å². The smallest absolute Gasteiger partial charge is 0.219 e. The number of nitrogens with two attached hydrogens (primary N) is 1. The molecule has 1 aliphatic rings. The number of amides is 1. The van der Waals surface area contributed by atoms with Crippen LogP contribution in [0.4, 0.5) is 0 Å². The van der Waals surface area contributed by atoms with Crippen LogP contribution in [0, 0.1) is 0 Å². The average molecular weight is 216 g/mol. The summed E-state index contributed by atoms with van der Waals surface area (Å²) >= 11 is 0. The number of ether oxygens (including phenoxy) is 2. The van der Waals surface area contributed by atoms with E-state index in [-0.39, 0.29) is 17.6 Å². The maximum atomic E-state index is 10.8. The number of primary amides is 1. The van der Waals surface area contributed by atoms with E-state index in [2.05, 4.69) is 5.32 Å². The van der Waals surface area contributed by atoms with Crippen molar-refractivity contribution in [1.82, 2.24) is 5.32 Å². The third-order valence-electron chi connectivity index (χ3n) is 2.40. The van der Waals surface area contributed by atoms with Crippen molar-refractivity contribution in [3.8, 4) is 0 Å². The van der Waals surface area contributed by atoms with Gasteiger partial charge in [0.05, 0.1) is 12.7 Å². The van der Waals surface area contributed by atoms with Gasteiger partial charge in [-0.25, -0.2) is 0 Å². The van der Waals surface area contributed by atoms with E-state index in [4.69, 9.17) is 15.2 Å².